The second-order valence-corrected chi connectivity index (χ2v) is 3.91. The number of esters is 1. The normalized spacial score (nSPS) is 10.1. The highest BCUT2D eigenvalue weighted by molar-refractivity contribution is 5.87. The van der Waals surface area contributed by atoms with E-state index >= 15 is 0 Å². The van der Waals surface area contributed by atoms with Gasteiger partial charge in [-0.25, -0.2) is 4.79 Å². The van der Waals surface area contributed by atoms with Crippen molar-refractivity contribution in [1.29, 1.82) is 0 Å². The zero-order chi connectivity index (χ0) is 14.1. The van der Waals surface area contributed by atoms with E-state index in [0.29, 0.717) is 18.4 Å². The molecule has 1 aromatic carbocycles. The quantitative estimate of drug-likeness (QED) is 0.358. The maximum absolute atomic E-state index is 11.1. The number of hydrogen-bond donors (Lipinski definition) is 0. The van der Waals surface area contributed by atoms with Crippen LogP contribution in [0.2, 0.25) is 0 Å². The number of hydrogen-bond acceptors (Lipinski definition) is 2. The standard InChI is InChI=1S/C17H16O2/c1-4-15-11-8-9-13-16(15)12-7-5-6-10-14(2)17(18)19-3/h1,8-11,13H,5-6H2,2-3H3/b14-10-. The van der Waals surface area contributed by atoms with Crippen molar-refractivity contribution in [2.75, 3.05) is 7.11 Å². The van der Waals surface area contributed by atoms with Crippen LogP contribution < -0.4 is 0 Å². The van der Waals surface area contributed by atoms with E-state index in [2.05, 4.69) is 22.5 Å². The molecule has 0 bridgehead atoms. The Kier molecular flexibility index (Phi) is 5.99. The molecule has 2 heteroatoms. The molecule has 0 radical (unpaired) electrons. The smallest absolute Gasteiger partial charge is 0.333 e. The first-order valence-corrected chi connectivity index (χ1v) is 5.98. The van der Waals surface area contributed by atoms with Crippen LogP contribution in [-0.2, 0) is 9.53 Å². The Bertz CT molecular complexity index is 577. The van der Waals surface area contributed by atoms with Gasteiger partial charge in [0.2, 0.25) is 0 Å². The number of allylic oxidation sites excluding steroid dienone is 1. The fraction of sp³-hybridized carbons (Fsp3) is 0.235. The molecule has 1 aromatic rings. The fourth-order valence-electron chi connectivity index (χ4n) is 1.48. The van der Waals surface area contributed by atoms with Crippen LogP contribution in [0.4, 0.5) is 0 Å². The third-order valence-corrected chi connectivity index (χ3v) is 2.53. The maximum Gasteiger partial charge on any atom is 0.333 e. The first kappa shape index (κ1) is 14.6. The molecule has 0 aromatic heterocycles. The highest BCUT2D eigenvalue weighted by Gasteiger charge is 2.00. The number of terminal acetylenes is 1. The lowest BCUT2D eigenvalue weighted by Gasteiger charge is -1.97. The number of rotatable bonds is 3. The largest absolute Gasteiger partial charge is 0.466 e. The van der Waals surface area contributed by atoms with Gasteiger partial charge in [0.15, 0.2) is 0 Å². The molecule has 0 heterocycles. The molecule has 0 fully saturated rings. The fourth-order valence-corrected chi connectivity index (χ4v) is 1.48. The number of carbonyl (C=O) groups excluding carboxylic acids is 1. The van der Waals surface area contributed by atoms with Crippen LogP contribution in [0.1, 0.15) is 30.9 Å². The van der Waals surface area contributed by atoms with Gasteiger partial charge in [-0.1, -0.05) is 36.0 Å². The van der Waals surface area contributed by atoms with E-state index in [0.717, 1.165) is 11.1 Å². The summed E-state index contributed by atoms with van der Waals surface area (Å²) in [7, 11) is 1.37. The molecule has 1 rings (SSSR count). The van der Waals surface area contributed by atoms with Crippen LogP contribution in [0.25, 0.3) is 0 Å². The van der Waals surface area contributed by atoms with Crippen LogP contribution in [0.15, 0.2) is 35.9 Å². The zero-order valence-corrected chi connectivity index (χ0v) is 11.2. The minimum Gasteiger partial charge on any atom is -0.466 e. The molecule has 0 atom stereocenters. The number of carbonyl (C=O) groups is 1. The Morgan fingerprint density at radius 1 is 1.37 bits per heavy atom. The summed E-state index contributed by atoms with van der Waals surface area (Å²) in [6.45, 7) is 1.73. The van der Waals surface area contributed by atoms with E-state index in [9.17, 15) is 4.79 Å². The molecule has 0 saturated carbocycles. The molecule has 19 heavy (non-hydrogen) atoms. The van der Waals surface area contributed by atoms with Gasteiger partial charge in [-0.2, -0.15) is 0 Å². The minimum atomic E-state index is -0.300. The SMILES string of the molecule is C#Cc1ccccc1C#CCC/C=C(/C)C(=O)OC. The van der Waals surface area contributed by atoms with E-state index in [1.165, 1.54) is 7.11 Å². The van der Waals surface area contributed by atoms with Gasteiger partial charge < -0.3 is 4.74 Å². The first-order chi connectivity index (χ1) is 9.19. The van der Waals surface area contributed by atoms with Crippen molar-refractivity contribution in [3.8, 4) is 24.2 Å². The molecule has 0 amide bonds. The van der Waals surface area contributed by atoms with E-state index in [1.54, 1.807) is 6.92 Å². The Balaban J connectivity index is 2.58. The molecule has 0 N–H and O–H groups in total. The van der Waals surface area contributed by atoms with Crippen molar-refractivity contribution in [3.63, 3.8) is 0 Å². The van der Waals surface area contributed by atoms with Gasteiger partial charge in [0.1, 0.15) is 0 Å². The van der Waals surface area contributed by atoms with Crippen LogP contribution in [0.5, 0.6) is 0 Å². The van der Waals surface area contributed by atoms with Gasteiger partial charge in [-0.3, -0.25) is 0 Å². The van der Waals surface area contributed by atoms with Gasteiger partial charge in [0, 0.05) is 23.1 Å². The molecule has 0 saturated heterocycles. The van der Waals surface area contributed by atoms with Crippen LogP contribution >= 0.6 is 0 Å². The average molecular weight is 252 g/mol. The Labute approximate surface area is 114 Å². The molecule has 0 aliphatic carbocycles. The summed E-state index contributed by atoms with van der Waals surface area (Å²) in [5.41, 5.74) is 2.27. The van der Waals surface area contributed by atoms with E-state index in [-0.39, 0.29) is 5.97 Å². The van der Waals surface area contributed by atoms with Gasteiger partial charge in [0.05, 0.1) is 7.11 Å². The lowest BCUT2D eigenvalue weighted by atomic mass is 10.1. The highest BCUT2D eigenvalue weighted by atomic mass is 16.5. The summed E-state index contributed by atoms with van der Waals surface area (Å²) in [6.07, 6.45) is 8.61. The number of unbranched alkanes of at least 4 members (excludes halogenated alkanes) is 1. The third-order valence-electron chi connectivity index (χ3n) is 2.53. The Hall–Kier alpha value is -2.45. The maximum atomic E-state index is 11.1. The van der Waals surface area contributed by atoms with Crippen LogP contribution in [0, 0.1) is 24.2 Å². The van der Waals surface area contributed by atoms with Gasteiger partial charge in [-0.05, 0) is 25.5 Å². The molecule has 0 spiro atoms. The summed E-state index contributed by atoms with van der Waals surface area (Å²) in [5, 5.41) is 0. The van der Waals surface area contributed by atoms with Gasteiger partial charge in [-0.15, -0.1) is 6.42 Å². The van der Waals surface area contributed by atoms with Crippen molar-refractivity contribution in [2.24, 2.45) is 0 Å². The molecule has 96 valence electrons. The second-order valence-electron chi connectivity index (χ2n) is 3.91. The highest BCUT2D eigenvalue weighted by Crippen LogP contribution is 2.05. The summed E-state index contributed by atoms with van der Waals surface area (Å²) in [6, 6.07) is 7.57. The average Bonchev–Trinajstić information content (AvgIpc) is 2.46. The predicted molar refractivity (Wildman–Crippen MR) is 76.3 cm³/mol. The molecule has 2 nitrogen and oxygen atoms in total. The summed E-state index contributed by atoms with van der Waals surface area (Å²) in [5.74, 6) is 8.39. The third kappa shape index (κ3) is 4.74. The predicted octanol–water partition coefficient (Wildman–Crippen LogP) is 2.92. The molecular weight excluding hydrogens is 236 g/mol. The first-order valence-electron chi connectivity index (χ1n) is 5.98. The van der Waals surface area contributed by atoms with Crippen molar-refractivity contribution < 1.29 is 9.53 Å². The summed E-state index contributed by atoms with van der Waals surface area (Å²) < 4.78 is 4.60. The Morgan fingerprint density at radius 3 is 2.68 bits per heavy atom. The van der Waals surface area contributed by atoms with Crippen molar-refractivity contribution >= 4 is 5.97 Å². The molecule has 0 aliphatic rings. The van der Waals surface area contributed by atoms with Crippen molar-refractivity contribution in [3.05, 3.63) is 47.0 Å². The lowest BCUT2D eigenvalue weighted by molar-refractivity contribution is -0.136. The zero-order valence-electron chi connectivity index (χ0n) is 11.2. The number of ether oxygens (including phenoxy) is 1. The summed E-state index contributed by atoms with van der Waals surface area (Å²) >= 11 is 0. The van der Waals surface area contributed by atoms with Gasteiger partial charge in [0.25, 0.3) is 0 Å². The number of methoxy groups -OCH3 is 1. The lowest BCUT2D eigenvalue weighted by Crippen LogP contribution is -2.00. The topological polar surface area (TPSA) is 26.3 Å². The summed E-state index contributed by atoms with van der Waals surface area (Å²) in [4.78, 5) is 11.1. The van der Waals surface area contributed by atoms with Crippen LogP contribution in [-0.4, -0.2) is 13.1 Å². The van der Waals surface area contributed by atoms with Crippen molar-refractivity contribution in [1.82, 2.24) is 0 Å². The molecule has 0 unspecified atom stereocenters. The molecule has 0 aliphatic heterocycles. The van der Waals surface area contributed by atoms with Crippen molar-refractivity contribution in [2.45, 2.75) is 19.8 Å². The van der Waals surface area contributed by atoms with E-state index < -0.39 is 0 Å². The molecular formula is C17H16O2. The minimum absolute atomic E-state index is 0.300. The van der Waals surface area contributed by atoms with Gasteiger partial charge >= 0.3 is 5.97 Å². The Morgan fingerprint density at radius 2 is 2.05 bits per heavy atom. The van der Waals surface area contributed by atoms with E-state index in [1.807, 2.05) is 30.3 Å². The van der Waals surface area contributed by atoms with Crippen LogP contribution in [0.3, 0.4) is 0 Å². The van der Waals surface area contributed by atoms with E-state index in [4.69, 9.17) is 6.42 Å². The number of benzene rings is 1. The monoisotopic (exact) mass is 252 g/mol. The second kappa shape index (κ2) is 7.80.